The Bertz CT molecular complexity index is 910. The topological polar surface area (TPSA) is 66.8 Å². The predicted molar refractivity (Wildman–Crippen MR) is 109 cm³/mol. The van der Waals surface area contributed by atoms with Gasteiger partial charge in [0.2, 0.25) is 0 Å². The summed E-state index contributed by atoms with van der Waals surface area (Å²) in [7, 11) is 0. The molecule has 2 aromatic carbocycles. The number of carboxylic acids is 1. The van der Waals surface area contributed by atoms with Crippen molar-refractivity contribution in [3.05, 3.63) is 59.7 Å². The summed E-state index contributed by atoms with van der Waals surface area (Å²) in [6.45, 7) is 1.64. The number of carboxylic acid groups (broad SMARTS) is 1. The van der Waals surface area contributed by atoms with Crippen LogP contribution in [-0.4, -0.2) is 41.8 Å². The van der Waals surface area contributed by atoms with Gasteiger partial charge < -0.3 is 14.7 Å². The zero-order valence-corrected chi connectivity index (χ0v) is 16.3. The maximum absolute atomic E-state index is 12.8. The molecule has 5 heteroatoms. The Balaban J connectivity index is 1.25. The number of hydrogen-bond acceptors (Lipinski definition) is 3. The van der Waals surface area contributed by atoms with Crippen LogP contribution in [0.5, 0.6) is 0 Å². The molecular weight excluding hydrogens is 366 g/mol. The molecule has 150 valence electrons. The van der Waals surface area contributed by atoms with Crippen LogP contribution in [0.1, 0.15) is 36.3 Å². The fraction of sp³-hybridized carbons (Fsp3) is 0.417. The van der Waals surface area contributed by atoms with Gasteiger partial charge in [-0.25, -0.2) is 4.79 Å². The third kappa shape index (κ3) is 3.28. The Hall–Kier alpha value is -2.82. The smallest absolute Gasteiger partial charge is 0.409 e. The lowest BCUT2D eigenvalue weighted by Gasteiger charge is -2.32. The van der Waals surface area contributed by atoms with E-state index in [0.717, 1.165) is 19.3 Å². The third-order valence-corrected chi connectivity index (χ3v) is 6.81. The average molecular weight is 391 g/mol. The van der Waals surface area contributed by atoms with Gasteiger partial charge in [-0.15, -0.1) is 0 Å². The highest BCUT2D eigenvalue weighted by molar-refractivity contribution is 5.79. The van der Waals surface area contributed by atoms with Gasteiger partial charge in [0, 0.05) is 19.0 Å². The zero-order chi connectivity index (χ0) is 20.0. The molecule has 3 aliphatic rings. The lowest BCUT2D eigenvalue weighted by Crippen LogP contribution is -2.41. The maximum Gasteiger partial charge on any atom is 0.409 e. The van der Waals surface area contributed by atoms with Crippen LogP contribution >= 0.6 is 0 Å². The summed E-state index contributed by atoms with van der Waals surface area (Å²) in [5.41, 5.74) is 4.85. The third-order valence-electron chi connectivity index (χ3n) is 6.81. The van der Waals surface area contributed by atoms with Crippen LogP contribution in [0.25, 0.3) is 11.1 Å². The van der Waals surface area contributed by atoms with Crippen molar-refractivity contribution in [3.8, 4) is 11.1 Å². The molecule has 1 aliphatic heterocycles. The quantitative estimate of drug-likeness (QED) is 0.841. The summed E-state index contributed by atoms with van der Waals surface area (Å²) in [4.78, 5) is 25.7. The van der Waals surface area contributed by atoms with Crippen molar-refractivity contribution in [2.45, 2.75) is 25.2 Å². The zero-order valence-electron chi connectivity index (χ0n) is 16.3. The van der Waals surface area contributed by atoms with Crippen molar-refractivity contribution >= 4 is 12.1 Å². The molecule has 0 bridgehead atoms. The lowest BCUT2D eigenvalue weighted by atomic mass is 9.92. The molecule has 1 heterocycles. The first kappa shape index (κ1) is 18.2. The first-order chi connectivity index (χ1) is 14.1. The van der Waals surface area contributed by atoms with Crippen molar-refractivity contribution in [1.82, 2.24) is 4.90 Å². The van der Waals surface area contributed by atoms with Crippen molar-refractivity contribution in [3.63, 3.8) is 0 Å². The molecule has 2 fully saturated rings. The van der Waals surface area contributed by atoms with Crippen LogP contribution in [0.15, 0.2) is 48.5 Å². The fourth-order valence-electron chi connectivity index (χ4n) is 5.23. The largest absolute Gasteiger partial charge is 0.481 e. The van der Waals surface area contributed by atoms with E-state index < -0.39 is 5.97 Å². The van der Waals surface area contributed by atoms with E-state index in [1.54, 1.807) is 4.90 Å². The Kier molecular flexibility index (Phi) is 4.53. The Morgan fingerprint density at radius 2 is 1.69 bits per heavy atom. The molecular formula is C24H25NO4. The summed E-state index contributed by atoms with van der Waals surface area (Å²) in [6.07, 6.45) is 2.39. The molecule has 3 atom stereocenters. The molecule has 0 radical (unpaired) electrons. The van der Waals surface area contributed by atoms with Gasteiger partial charge in [0.05, 0.1) is 5.92 Å². The highest BCUT2D eigenvalue weighted by Gasteiger charge is 2.49. The van der Waals surface area contributed by atoms with Crippen LogP contribution < -0.4 is 0 Å². The number of fused-ring (bicyclic) bond motifs is 3. The van der Waals surface area contributed by atoms with E-state index in [0.29, 0.717) is 19.7 Å². The number of nitrogens with zero attached hydrogens (tertiary/aromatic N) is 1. The second-order valence-electron chi connectivity index (χ2n) is 8.50. The van der Waals surface area contributed by atoms with Crippen LogP contribution in [0, 0.1) is 17.8 Å². The number of piperidine rings is 1. The molecule has 1 N–H and O–H groups in total. The van der Waals surface area contributed by atoms with Gasteiger partial charge in [0.15, 0.2) is 0 Å². The van der Waals surface area contributed by atoms with Gasteiger partial charge in [0.1, 0.15) is 6.61 Å². The first-order valence-corrected chi connectivity index (χ1v) is 10.5. The SMILES string of the molecule is O=C(O)C1CC1C1CCCN(C(=O)OCC2c3ccccc3-c3ccccc32)C1. The van der Waals surface area contributed by atoms with Crippen molar-refractivity contribution in [1.29, 1.82) is 0 Å². The molecule has 2 aliphatic carbocycles. The minimum Gasteiger partial charge on any atom is -0.481 e. The van der Waals surface area contributed by atoms with E-state index in [2.05, 4.69) is 24.3 Å². The molecule has 0 spiro atoms. The molecule has 3 unspecified atom stereocenters. The number of aliphatic carboxylic acids is 1. The lowest BCUT2D eigenvalue weighted by molar-refractivity contribution is -0.139. The van der Waals surface area contributed by atoms with Crippen LogP contribution in [0.3, 0.4) is 0 Å². The number of rotatable bonds is 4. The number of likely N-dealkylation sites (tertiary alicyclic amines) is 1. The molecule has 1 saturated carbocycles. The second-order valence-corrected chi connectivity index (χ2v) is 8.50. The number of carbonyl (C=O) groups excluding carboxylic acids is 1. The highest BCUT2D eigenvalue weighted by Crippen LogP contribution is 2.47. The fourth-order valence-corrected chi connectivity index (χ4v) is 5.23. The van der Waals surface area contributed by atoms with Gasteiger partial charge in [-0.05, 0) is 53.4 Å². The summed E-state index contributed by atoms with van der Waals surface area (Å²) in [6, 6.07) is 16.6. The van der Waals surface area contributed by atoms with Gasteiger partial charge in [-0.1, -0.05) is 48.5 Å². The predicted octanol–water partition coefficient (Wildman–Crippen LogP) is 4.37. The van der Waals surface area contributed by atoms with E-state index >= 15 is 0 Å². The van der Waals surface area contributed by atoms with Crippen LogP contribution in [0.4, 0.5) is 4.79 Å². The van der Waals surface area contributed by atoms with Crippen molar-refractivity contribution in [2.75, 3.05) is 19.7 Å². The normalized spacial score (nSPS) is 25.2. The number of amides is 1. The number of ether oxygens (including phenoxy) is 1. The van der Waals surface area contributed by atoms with E-state index in [1.165, 1.54) is 22.3 Å². The summed E-state index contributed by atoms with van der Waals surface area (Å²) >= 11 is 0. The molecule has 0 aromatic heterocycles. The van der Waals surface area contributed by atoms with Gasteiger partial charge in [0.25, 0.3) is 0 Å². The minimum atomic E-state index is -0.701. The van der Waals surface area contributed by atoms with Crippen molar-refractivity contribution < 1.29 is 19.4 Å². The summed E-state index contributed by atoms with van der Waals surface area (Å²) in [5, 5.41) is 9.19. The standard InChI is InChI=1S/C24H25NO4/c26-23(27)21-12-20(21)15-6-5-11-25(13-15)24(28)29-14-22-18-9-3-1-7-16(18)17-8-2-4-10-19(17)22/h1-4,7-10,15,20-22H,5-6,11-14H2,(H,26,27). The molecule has 29 heavy (non-hydrogen) atoms. The first-order valence-electron chi connectivity index (χ1n) is 10.5. The van der Waals surface area contributed by atoms with E-state index in [9.17, 15) is 14.7 Å². The number of carbonyl (C=O) groups is 2. The van der Waals surface area contributed by atoms with E-state index in [1.807, 2.05) is 24.3 Å². The average Bonchev–Trinajstić information content (AvgIpc) is 3.50. The van der Waals surface area contributed by atoms with E-state index in [4.69, 9.17) is 4.74 Å². The Labute approximate surface area is 170 Å². The molecule has 2 aromatic rings. The summed E-state index contributed by atoms with van der Waals surface area (Å²) in [5.74, 6) is -0.357. The number of hydrogen-bond donors (Lipinski definition) is 1. The molecule has 1 saturated heterocycles. The number of benzene rings is 2. The molecule has 5 nitrogen and oxygen atoms in total. The second kappa shape index (κ2) is 7.21. The van der Waals surface area contributed by atoms with Gasteiger partial charge in [-0.3, -0.25) is 4.79 Å². The van der Waals surface area contributed by atoms with Gasteiger partial charge in [-0.2, -0.15) is 0 Å². The molecule has 1 amide bonds. The maximum atomic E-state index is 12.8. The van der Waals surface area contributed by atoms with Gasteiger partial charge >= 0.3 is 12.1 Å². The summed E-state index contributed by atoms with van der Waals surface area (Å²) < 4.78 is 5.77. The Morgan fingerprint density at radius 1 is 1.03 bits per heavy atom. The molecule has 5 rings (SSSR count). The highest BCUT2D eigenvalue weighted by atomic mass is 16.6. The van der Waals surface area contributed by atoms with Crippen molar-refractivity contribution in [2.24, 2.45) is 17.8 Å². The van der Waals surface area contributed by atoms with E-state index in [-0.39, 0.29) is 29.8 Å². The monoisotopic (exact) mass is 391 g/mol. The van der Waals surface area contributed by atoms with Crippen LogP contribution in [-0.2, 0) is 9.53 Å². The van der Waals surface area contributed by atoms with Crippen LogP contribution in [0.2, 0.25) is 0 Å². The minimum absolute atomic E-state index is 0.0618. The Morgan fingerprint density at radius 3 is 2.31 bits per heavy atom.